The summed E-state index contributed by atoms with van der Waals surface area (Å²) < 4.78 is 5.08. The van der Waals surface area contributed by atoms with Gasteiger partial charge in [-0.1, -0.05) is 19.8 Å². The molecule has 2 atom stereocenters. The summed E-state index contributed by atoms with van der Waals surface area (Å²) in [6.45, 7) is 5.85. The molecule has 0 unspecified atom stereocenters. The summed E-state index contributed by atoms with van der Waals surface area (Å²) in [6.07, 6.45) is 0.953. The van der Waals surface area contributed by atoms with Gasteiger partial charge in [0.05, 0.1) is 0 Å². The smallest absolute Gasteiger partial charge is 0.327 e. The lowest BCUT2D eigenvalue weighted by Gasteiger charge is -2.21. The first kappa shape index (κ1) is 23.1. The van der Waals surface area contributed by atoms with Crippen molar-refractivity contribution in [2.75, 3.05) is 11.9 Å². The molecule has 2 N–H and O–H groups in total. The third-order valence-electron chi connectivity index (χ3n) is 4.90. The van der Waals surface area contributed by atoms with Crippen LogP contribution in [0.15, 0.2) is 24.3 Å². The standard InChI is InChI=1S/C21H27N3O6/c1-5-6-11-21(4)19(28)24(20(29)23-21)12-17(26)30-14(3)18(27)22-16-9-7-15(8-10-16)13(2)25/h7-10,14H,5-6,11-12H2,1-4H3,(H,22,27)(H,23,29)/t14-,21+/m1/s1. The van der Waals surface area contributed by atoms with E-state index < -0.39 is 42.0 Å². The predicted molar refractivity (Wildman–Crippen MR) is 109 cm³/mol. The van der Waals surface area contributed by atoms with Gasteiger partial charge in [-0.2, -0.15) is 0 Å². The van der Waals surface area contributed by atoms with E-state index in [1.807, 2.05) is 6.92 Å². The largest absolute Gasteiger partial charge is 0.451 e. The van der Waals surface area contributed by atoms with Crippen LogP contribution < -0.4 is 10.6 Å². The van der Waals surface area contributed by atoms with Gasteiger partial charge in [-0.3, -0.25) is 24.1 Å². The highest BCUT2D eigenvalue weighted by Gasteiger charge is 2.48. The van der Waals surface area contributed by atoms with Crippen molar-refractivity contribution in [1.29, 1.82) is 0 Å². The molecular formula is C21H27N3O6. The van der Waals surface area contributed by atoms with E-state index in [1.54, 1.807) is 31.2 Å². The van der Waals surface area contributed by atoms with Crippen molar-refractivity contribution in [1.82, 2.24) is 10.2 Å². The van der Waals surface area contributed by atoms with Gasteiger partial charge in [-0.05, 0) is 51.5 Å². The minimum absolute atomic E-state index is 0.0959. The number of rotatable bonds is 9. The third-order valence-corrected chi connectivity index (χ3v) is 4.90. The van der Waals surface area contributed by atoms with E-state index >= 15 is 0 Å². The second-order valence-electron chi connectivity index (χ2n) is 7.51. The van der Waals surface area contributed by atoms with E-state index in [-0.39, 0.29) is 5.78 Å². The maximum absolute atomic E-state index is 12.5. The summed E-state index contributed by atoms with van der Waals surface area (Å²) in [5, 5.41) is 5.19. The number of hydrogen-bond donors (Lipinski definition) is 2. The lowest BCUT2D eigenvalue weighted by Crippen LogP contribution is -2.44. The molecule has 1 aromatic rings. The molecule has 0 aliphatic carbocycles. The first-order valence-electron chi connectivity index (χ1n) is 9.83. The van der Waals surface area contributed by atoms with Crippen LogP contribution in [-0.4, -0.2) is 52.7 Å². The Morgan fingerprint density at radius 1 is 1.20 bits per heavy atom. The first-order valence-corrected chi connectivity index (χ1v) is 9.83. The Labute approximate surface area is 175 Å². The Bertz CT molecular complexity index is 851. The van der Waals surface area contributed by atoms with Gasteiger partial charge >= 0.3 is 12.0 Å². The van der Waals surface area contributed by atoms with Gasteiger partial charge in [0.1, 0.15) is 12.1 Å². The summed E-state index contributed by atoms with van der Waals surface area (Å²) in [5.41, 5.74) is -0.0942. The van der Waals surface area contributed by atoms with Crippen LogP contribution in [0.5, 0.6) is 0 Å². The Kier molecular flexibility index (Phi) is 7.31. The highest BCUT2D eigenvalue weighted by Crippen LogP contribution is 2.23. The first-order chi connectivity index (χ1) is 14.1. The van der Waals surface area contributed by atoms with E-state index in [2.05, 4.69) is 10.6 Å². The molecule has 0 radical (unpaired) electrons. The van der Waals surface area contributed by atoms with Gasteiger partial charge in [0, 0.05) is 11.3 Å². The summed E-state index contributed by atoms with van der Waals surface area (Å²) in [5.74, 6) is -2.03. The molecule has 0 aromatic heterocycles. The average Bonchev–Trinajstić information content (AvgIpc) is 2.90. The highest BCUT2D eigenvalue weighted by molar-refractivity contribution is 6.08. The molecule has 1 aromatic carbocycles. The van der Waals surface area contributed by atoms with Crippen LogP contribution in [0.3, 0.4) is 0 Å². The van der Waals surface area contributed by atoms with Gasteiger partial charge in [0.2, 0.25) is 0 Å². The normalized spacial score (nSPS) is 19.3. The third kappa shape index (κ3) is 5.43. The molecule has 0 bridgehead atoms. The second-order valence-corrected chi connectivity index (χ2v) is 7.51. The number of anilines is 1. The number of carbonyl (C=O) groups is 5. The Morgan fingerprint density at radius 3 is 2.40 bits per heavy atom. The molecular weight excluding hydrogens is 390 g/mol. The van der Waals surface area contributed by atoms with Crippen molar-refractivity contribution in [3.05, 3.63) is 29.8 Å². The number of ketones is 1. The van der Waals surface area contributed by atoms with Crippen molar-refractivity contribution in [3.8, 4) is 0 Å². The number of hydrogen-bond acceptors (Lipinski definition) is 6. The van der Waals surface area contributed by atoms with Crippen LogP contribution in [-0.2, 0) is 19.1 Å². The lowest BCUT2D eigenvalue weighted by atomic mass is 9.95. The average molecular weight is 417 g/mol. The van der Waals surface area contributed by atoms with Crippen molar-refractivity contribution in [3.63, 3.8) is 0 Å². The van der Waals surface area contributed by atoms with E-state index in [0.29, 0.717) is 17.7 Å². The fourth-order valence-corrected chi connectivity index (χ4v) is 3.04. The summed E-state index contributed by atoms with van der Waals surface area (Å²) in [4.78, 5) is 61.2. The minimum Gasteiger partial charge on any atom is -0.451 e. The number of urea groups is 1. The minimum atomic E-state index is -1.14. The molecule has 0 saturated carbocycles. The number of nitrogens with one attached hydrogen (secondary N) is 2. The number of imide groups is 1. The molecule has 9 nitrogen and oxygen atoms in total. The molecule has 2 rings (SSSR count). The highest BCUT2D eigenvalue weighted by atomic mass is 16.5. The molecule has 162 valence electrons. The van der Waals surface area contributed by atoms with Gasteiger partial charge in [0.25, 0.3) is 11.8 Å². The fraction of sp³-hybridized carbons (Fsp3) is 0.476. The number of carbonyl (C=O) groups excluding carboxylic acids is 5. The number of ether oxygens (including phenoxy) is 1. The molecule has 0 spiro atoms. The van der Waals surface area contributed by atoms with Gasteiger partial charge in [-0.25, -0.2) is 4.79 Å². The maximum Gasteiger partial charge on any atom is 0.327 e. The van der Waals surface area contributed by atoms with Crippen LogP contribution in [0.4, 0.5) is 10.5 Å². The summed E-state index contributed by atoms with van der Waals surface area (Å²) in [6, 6.07) is 5.61. The molecule has 9 heteroatoms. The predicted octanol–water partition coefficient (Wildman–Crippen LogP) is 2.26. The number of esters is 1. The molecule has 1 saturated heterocycles. The van der Waals surface area contributed by atoms with E-state index in [1.165, 1.54) is 13.8 Å². The van der Waals surface area contributed by atoms with Crippen molar-refractivity contribution in [2.45, 2.75) is 58.6 Å². The zero-order valence-electron chi connectivity index (χ0n) is 17.6. The fourth-order valence-electron chi connectivity index (χ4n) is 3.04. The van der Waals surface area contributed by atoms with Gasteiger partial charge in [-0.15, -0.1) is 0 Å². The van der Waals surface area contributed by atoms with Crippen molar-refractivity contribution >= 4 is 35.3 Å². The summed E-state index contributed by atoms with van der Waals surface area (Å²) >= 11 is 0. The van der Waals surface area contributed by atoms with E-state index in [0.717, 1.165) is 17.7 Å². The molecule has 1 aliphatic rings. The Balaban J connectivity index is 1.90. The Morgan fingerprint density at radius 2 is 1.83 bits per heavy atom. The topological polar surface area (TPSA) is 122 Å². The van der Waals surface area contributed by atoms with Crippen LogP contribution in [0.1, 0.15) is 57.3 Å². The van der Waals surface area contributed by atoms with Crippen molar-refractivity contribution in [2.24, 2.45) is 0 Å². The van der Waals surface area contributed by atoms with E-state index in [4.69, 9.17) is 4.74 Å². The maximum atomic E-state index is 12.5. The number of Topliss-reactive ketones (excluding diaryl/α,β-unsaturated/α-hetero) is 1. The molecule has 1 aliphatic heterocycles. The SMILES string of the molecule is CCCC[C@]1(C)NC(=O)N(CC(=O)O[C@H](C)C(=O)Nc2ccc(C(C)=O)cc2)C1=O. The molecule has 1 heterocycles. The van der Waals surface area contributed by atoms with Crippen molar-refractivity contribution < 1.29 is 28.7 Å². The molecule has 30 heavy (non-hydrogen) atoms. The quantitative estimate of drug-likeness (QED) is 0.361. The number of amides is 4. The lowest BCUT2D eigenvalue weighted by molar-refractivity contribution is -0.155. The molecule has 4 amide bonds. The van der Waals surface area contributed by atoms with Gasteiger partial charge < -0.3 is 15.4 Å². The second kappa shape index (κ2) is 9.51. The van der Waals surface area contributed by atoms with Crippen LogP contribution in [0.2, 0.25) is 0 Å². The zero-order valence-corrected chi connectivity index (χ0v) is 17.6. The number of unbranched alkanes of at least 4 members (excludes halogenated alkanes) is 1. The molecule has 1 fully saturated rings. The van der Waals surface area contributed by atoms with Crippen LogP contribution >= 0.6 is 0 Å². The zero-order chi connectivity index (χ0) is 22.5. The Hall–Kier alpha value is -3.23. The van der Waals surface area contributed by atoms with Gasteiger partial charge in [0.15, 0.2) is 11.9 Å². The number of nitrogens with zero attached hydrogens (tertiary/aromatic N) is 1. The van der Waals surface area contributed by atoms with Crippen LogP contribution in [0, 0.1) is 0 Å². The number of benzene rings is 1. The summed E-state index contributed by atoms with van der Waals surface area (Å²) in [7, 11) is 0. The monoisotopic (exact) mass is 417 g/mol. The van der Waals surface area contributed by atoms with E-state index in [9.17, 15) is 24.0 Å². The van der Waals surface area contributed by atoms with Crippen LogP contribution in [0.25, 0.3) is 0 Å².